The van der Waals surface area contributed by atoms with E-state index in [0.29, 0.717) is 13.2 Å². The van der Waals surface area contributed by atoms with Gasteiger partial charge in [-0.1, -0.05) is 18.2 Å². The number of benzene rings is 1. The van der Waals surface area contributed by atoms with Crippen molar-refractivity contribution in [1.82, 2.24) is 5.32 Å². The summed E-state index contributed by atoms with van der Waals surface area (Å²) in [5.41, 5.74) is 1.25. The number of hydrogen-bond donors (Lipinski definition) is 1. The normalized spacial score (nSPS) is 19.3. The van der Waals surface area contributed by atoms with Gasteiger partial charge in [0.05, 0.1) is 17.2 Å². The number of methoxy groups -OCH3 is 1. The molecule has 0 spiro atoms. The number of carbonyl (C=O) groups is 1. The molecule has 1 aliphatic rings. The second kappa shape index (κ2) is 6.45. The van der Waals surface area contributed by atoms with Crippen molar-refractivity contribution in [2.75, 3.05) is 20.3 Å². The molecule has 1 N–H and O–H groups in total. The monoisotopic (exact) mass is 285 g/mol. The minimum Gasteiger partial charge on any atom is -0.383 e. The lowest BCUT2D eigenvalue weighted by Crippen LogP contribution is -2.37. The van der Waals surface area contributed by atoms with Gasteiger partial charge in [0.1, 0.15) is 0 Å². The Kier molecular flexibility index (Phi) is 4.92. The van der Waals surface area contributed by atoms with Gasteiger partial charge in [0.25, 0.3) is 0 Å². The maximum Gasteiger partial charge on any atom is 0.233 e. The Balaban J connectivity index is 1.82. The van der Waals surface area contributed by atoms with Crippen molar-refractivity contribution >= 4 is 29.3 Å². The molecule has 18 heavy (non-hydrogen) atoms. The first-order chi connectivity index (χ1) is 8.70. The highest BCUT2D eigenvalue weighted by Crippen LogP contribution is 2.36. The van der Waals surface area contributed by atoms with Crippen LogP contribution in [0, 0.1) is 0 Å². The molecule has 0 fully saturated rings. The maximum atomic E-state index is 12.0. The molecule has 5 heteroatoms. The third kappa shape index (κ3) is 3.40. The van der Waals surface area contributed by atoms with Crippen LogP contribution in [-0.4, -0.2) is 36.8 Å². The van der Waals surface area contributed by atoms with Gasteiger partial charge in [-0.15, -0.1) is 23.4 Å². The molecule has 2 rings (SSSR count). The van der Waals surface area contributed by atoms with Crippen LogP contribution < -0.4 is 5.32 Å². The van der Waals surface area contributed by atoms with Gasteiger partial charge >= 0.3 is 0 Å². The number of fused-ring (bicyclic) bond motifs is 1. The van der Waals surface area contributed by atoms with Crippen LogP contribution in [0.15, 0.2) is 29.2 Å². The molecule has 1 aliphatic heterocycles. The fourth-order valence-electron chi connectivity index (χ4n) is 1.89. The summed E-state index contributed by atoms with van der Waals surface area (Å²) < 4.78 is 4.92. The van der Waals surface area contributed by atoms with E-state index in [0.717, 1.165) is 6.42 Å². The van der Waals surface area contributed by atoms with Gasteiger partial charge in [0, 0.05) is 18.6 Å². The summed E-state index contributed by atoms with van der Waals surface area (Å²) >= 11 is 7.60. The topological polar surface area (TPSA) is 38.3 Å². The summed E-state index contributed by atoms with van der Waals surface area (Å²) in [6, 6.07) is 8.14. The van der Waals surface area contributed by atoms with Crippen molar-refractivity contribution in [2.45, 2.75) is 21.9 Å². The first kappa shape index (κ1) is 13.7. The molecule has 0 aliphatic carbocycles. The zero-order valence-corrected chi connectivity index (χ0v) is 11.8. The van der Waals surface area contributed by atoms with E-state index in [2.05, 4.69) is 17.4 Å². The number of carbonyl (C=O) groups excluding carboxylic acids is 1. The van der Waals surface area contributed by atoms with Crippen LogP contribution in [0.3, 0.4) is 0 Å². The molecule has 1 aromatic rings. The van der Waals surface area contributed by atoms with Crippen LogP contribution in [0.2, 0.25) is 0 Å². The van der Waals surface area contributed by atoms with Crippen molar-refractivity contribution in [3.8, 4) is 0 Å². The Hall–Kier alpha value is -0.710. The number of thioether (sulfide) groups is 1. The number of hydrogen-bond acceptors (Lipinski definition) is 3. The van der Waals surface area contributed by atoms with Crippen LogP contribution in [0.5, 0.6) is 0 Å². The molecule has 3 nitrogen and oxygen atoms in total. The Labute approximate surface area is 116 Å². The van der Waals surface area contributed by atoms with Gasteiger partial charge in [0.2, 0.25) is 5.91 Å². The fraction of sp³-hybridized carbons (Fsp3) is 0.462. The molecular formula is C13H16ClNO2S. The Morgan fingerprint density at radius 3 is 3.11 bits per heavy atom. The fourth-order valence-corrected chi connectivity index (χ4v) is 3.32. The van der Waals surface area contributed by atoms with Crippen LogP contribution in [0.1, 0.15) is 5.56 Å². The van der Waals surface area contributed by atoms with Crippen LogP contribution in [0.25, 0.3) is 0 Å². The predicted molar refractivity (Wildman–Crippen MR) is 74.3 cm³/mol. The van der Waals surface area contributed by atoms with Crippen LogP contribution in [-0.2, 0) is 16.0 Å². The van der Waals surface area contributed by atoms with Gasteiger partial charge in [-0.2, -0.15) is 0 Å². The quantitative estimate of drug-likeness (QED) is 0.842. The van der Waals surface area contributed by atoms with Crippen molar-refractivity contribution in [3.05, 3.63) is 29.8 Å². The van der Waals surface area contributed by atoms with Gasteiger partial charge < -0.3 is 10.1 Å². The van der Waals surface area contributed by atoms with E-state index in [4.69, 9.17) is 16.3 Å². The van der Waals surface area contributed by atoms with E-state index < -0.39 is 0 Å². The number of nitrogens with one attached hydrogen (secondary N) is 1. The smallest absolute Gasteiger partial charge is 0.233 e. The summed E-state index contributed by atoms with van der Waals surface area (Å²) in [4.78, 5) is 13.2. The molecular weight excluding hydrogens is 270 g/mol. The summed E-state index contributed by atoms with van der Waals surface area (Å²) in [5.74, 6) is 0.0537. The Morgan fingerprint density at radius 1 is 1.61 bits per heavy atom. The summed E-state index contributed by atoms with van der Waals surface area (Å²) in [7, 11) is 1.60. The first-order valence-electron chi connectivity index (χ1n) is 5.86. The minimum atomic E-state index is -0.173. The van der Waals surface area contributed by atoms with Gasteiger partial charge in [-0.3, -0.25) is 4.79 Å². The number of amides is 1. The number of rotatable bonds is 5. The average Bonchev–Trinajstić information content (AvgIpc) is 2.80. The molecule has 0 saturated carbocycles. The van der Waals surface area contributed by atoms with E-state index >= 15 is 0 Å². The average molecular weight is 286 g/mol. The number of ether oxygens (including phenoxy) is 1. The van der Waals surface area contributed by atoms with E-state index in [9.17, 15) is 4.79 Å². The molecule has 1 amide bonds. The lowest BCUT2D eigenvalue weighted by Gasteiger charge is -2.12. The molecule has 0 radical (unpaired) electrons. The third-order valence-corrected chi connectivity index (χ3v) is 4.38. The largest absolute Gasteiger partial charge is 0.383 e. The van der Waals surface area contributed by atoms with Crippen LogP contribution >= 0.6 is 23.4 Å². The Morgan fingerprint density at radius 2 is 2.39 bits per heavy atom. The highest BCUT2D eigenvalue weighted by Gasteiger charge is 2.27. The summed E-state index contributed by atoms with van der Waals surface area (Å²) in [5, 5.41) is 2.67. The van der Waals surface area contributed by atoms with E-state index in [-0.39, 0.29) is 16.5 Å². The van der Waals surface area contributed by atoms with E-state index in [1.165, 1.54) is 10.5 Å². The highest BCUT2D eigenvalue weighted by atomic mass is 35.5. The summed E-state index contributed by atoms with van der Waals surface area (Å²) in [6.07, 6.45) is 0.796. The lowest BCUT2D eigenvalue weighted by molar-refractivity contribution is -0.120. The van der Waals surface area contributed by atoms with Gasteiger partial charge in [-0.05, 0) is 18.1 Å². The van der Waals surface area contributed by atoms with Crippen LogP contribution in [0.4, 0.5) is 0 Å². The third-order valence-electron chi connectivity index (χ3n) is 2.78. The molecule has 2 unspecified atom stereocenters. The number of alkyl halides is 1. The zero-order chi connectivity index (χ0) is 13.0. The SMILES string of the molecule is COCC(Cl)CNC(=O)C1Cc2ccccc2S1. The van der Waals surface area contributed by atoms with Gasteiger partial charge in [-0.25, -0.2) is 0 Å². The highest BCUT2D eigenvalue weighted by molar-refractivity contribution is 8.01. The van der Waals surface area contributed by atoms with Crippen molar-refractivity contribution in [3.63, 3.8) is 0 Å². The maximum absolute atomic E-state index is 12.0. The predicted octanol–water partition coefficient (Wildman–Crippen LogP) is 2.07. The molecule has 0 bridgehead atoms. The van der Waals surface area contributed by atoms with Crippen molar-refractivity contribution in [2.24, 2.45) is 0 Å². The van der Waals surface area contributed by atoms with Gasteiger partial charge in [0.15, 0.2) is 0 Å². The molecule has 98 valence electrons. The van der Waals surface area contributed by atoms with E-state index in [1.807, 2.05) is 12.1 Å². The van der Waals surface area contributed by atoms with Crippen molar-refractivity contribution in [1.29, 1.82) is 0 Å². The molecule has 2 atom stereocenters. The molecule has 1 heterocycles. The zero-order valence-electron chi connectivity index (χ0n) is 10.2. The first-order valence-corrected chi connectivity index (χ1v) is 7.17. The molecule has 0 aromatic heterocycles. The van der Waals surface area contributed by atoms with E-state index in [1.54, 1.807) is 18.9 Å². The lowest BCUT2D eigenvalue weighted by atomic mass is 10.1. The standard InChI is InChI=1S/C13H16ClNO2S/c1-17-8-10(14)7-15-13(16)12-6-9-4-2-3-5-11(9)18-12/h2-5,10,12H,6-8H2,1H3,(H,15,16). The second-order valence-electron chi connectivity index (χ2n) is 4.22. The molecule has 1 aromatic carbocycles. The van der Waals surface area contributed by atoms with Crippen molar-refractivity contribution < 1.29 is 9.53 Å². The molecule has 0 saturated heterocycles. The second-order valence-corrected chi connectivity index (χ2v) is 6.08. The number of halogens is 1. The Bertz CT molecular complexity index is 402. The summed E-state index contributed by atoms with van der Waals surface area (Å²) in [6.45, 7) is 0.890. The minimum absolute atomic E-state index is 0.0335.